The molecule has 0 bridgehead atoms. The van der Waals surface area contributed by atoms with Gasteiger partial charge in [0.1, 0.15) is 0 Å². The second kappa shape index (κ2) is 6.51. The molecule has 21 heavy (non-hydrogen) atoms. The van der Waals surface area contributed by atoms with Crippen molar-refractivity contribution in [3.05, 3.63) is 48.5 Å². The van der Waals surface area contributed by atoms with E-state index in [1.165, 1.54) is 18.4 Å². The molecule has 0 aliphatic rings. The van der Waals surface area contributed by atoms with Gasteiger partial charge in [0.05, 0.1) is 24.9 Å². The van der Waals surface area contributed by atoms with E-state index in [0.717, 1.165) is 4.31 Å². The Morgan fingerprint density at radius 2 is 2.10 bits per heavy atom. The minimum absolute atomic E-state index is 0.0167. The van der Waals surface area contributed by atoms with Gasteiger partial charge < -0.3 is 9.52 Å². The fourth-order valence-electron chi connectivity index (χ4n) is 1.71. The molecule has 1 N–H and O–H groups in total. The van der Waals surface area contributed by atoms with E-state index < -0.39 is 16.0 Å². The predicted molar refractivity (Wildman–Crippen MR) is 72.8 cm³/mol. The summed E-state index contributed by atoms with van der Waals surface area (Å²) in [7, 11) is -3.89. The molecule has 2 heterocycles. The van der Waals surface area contributed by atoms with Crippen molar-refractivity contribution in [1.82, 2.24) is 9.29 Å². The molecule has 0 unspecified atom stereocenters. The Morgan fingerprint density at radius 3 is 2.67 bits per heavy atom. The number of sulfonamides is 1. The largest absolute Gasteiger partial charge is 0.481 e. The molecular weight excluding hydrogens is 296 g/mol. The highest BCUT2D eigenvalue weighted by molar-refractivity contribution is 7.89. The van der Waals surface area contributed by atoms with Crippen LogP contribution in [0.4, 0.5) is 0 Å². The fraction of sp³-hybridized carbons (Fsp3) is 0.231. The molecule has 0 saturated carbocycles. The van der Waals surface area contributed by atoms with Gasteiger partial charge in [0.25, 0.3) is 10.0 Å². The van der Waals surface area contributed by atoms with E-state index >= 15 is 0 Å². The molecule has 2 aromatic heterocycles. The fourth-order valence-corrected chi connectivity index (χ4v) is 3.03. The van der Waals surface area contributed by atoms with Gasteiger partial charge in [-0.1, -0.05) is 6.07 Å². The average molecular weight is 310 g/mol. The minimum atomic E-state index is -3.89. The number of furan rings is 1. The first-order valence-electron chi connectivity index (χ1n) is 6.15. The topological polar surface area (TPSA) is 101 Å². The van der Waals surface area contributed by atoms with Crippen LogP contribution < -0.4 is 0 Å². The predicted octanol–water partition coefficient (Wildman–Crippen LogP) is 1.34. The van der Waals surface area contributed by atoms with E-state index in [0.29, 0.717) is 5.69 Å². The Labute approximate surface area is 121 Å². The van der Waals surface area contributed by atoms with Crippen molar-refractivity contribution in [3.63, 3.8) is 0 Å². The highest BCUT2D eigenvalue weighted by Gasteiger charge is 2.27. The third-order valence-electron chi connectivity index (χ3n) is 2.73. The van der Waals surface area contributed by atoms with Crippen molar-refractivity contribution in [2.24, 2.45) is 0 Å². The van der Waals surface area contributed by atoms with Crippen molar-refractivity contribution in [1.29, 1.82) is 0 Å². The number of hydrogen-bond acceptors (Lipinski definition) is 5. The number of pyridine rings is 1. The first kappa shape index (κ1) is 15.2. The molecule has 0 aromatic carbocycles. The molecule has 0 aliphatic carbocycles. The summed E-state index contributed by atoms with van der Waals surface area (Å²) >= 11 is 0. The monoisotopic (exact) mass is 310 g/mol. The lowest BCUT2D eigenvalue weighted by Gasteiger charge is -2.19. The van der Waals surface area contributed by atoms with Gasteiger partial charge in [-0.3, -0.25) is 9.78 Å². The summed E-state index contributed by atoms with van der Waals surface area (Å²) in [6, 6.07) is 7.90. The number of carboxylic acid groups (broad SMARTS) is 1. The van der Waals surface area contributed by atoms with Gasteiger partial charge in [-0.2, -0.15) is 4.31 Å². The van der Waals surface area contributed by atoms with Crippen molar-refractivity contribution < 1.29 is 22.7 Å². The molecule has 2 rings (SSSR count). The lowest BCUT2D eigenvalue weighted by molar-refractivity contribution is -0.137. The van der Waals surface area contributed by atoms with E-state index in [4.69, 9.17) is 9.52 Å². The SMILES string of the molecule is O=C(O)CCN(Cc1ccccn1)S(=O)(=O)c1ccco1. The van der Waals surface area contributed by atoms with E-state index in [1.54, 1.807) is 24.4 Å². The normalized spacial score (nSPS) is 11.7. The average Bonchev–Trinajstić information content (AvgIpc) is 2.99. The van der Waals surface area contributed by atoms with Crippen molar-refractivity contribution >= 4 is 16.0 Å². The molecule has 0 amide bonds. The zero-order valence-electron chi connectivity index (χ0n) is 11.0. The molecule has 112 valence electrons. The molecule has 0 fully saturated rings. The molecule has 0 aliphatic heterocycles. The number of aliphatic carboxylic acids is 1. The quantitative estimate of drug-likeness (QED) is 0.828. The number of nitrogens with zero attached hydrogens (tertiary/aromatic N) is 2. The van der Waals surface area contributed by atoms with Crippen LogP contribution in [-0.4, -0.2) is 35.3 Å². The van der Waals surface area contributed by atoms with Gasteiger partial charge in [0, 0.05) is 12.7 Å². The number of rotatable bonds is 7. The van der Waals surface area contributed by atoms with E-state index in [9.17, 15) is 13.2 Å². The van der Waals surface area contributed by atoms with Gasteiger partial charge in [0.2, 0.25) is 5.09 Å². The van der Waals surface area contributed by atoms with Gasteiger partial charge in [-0.05, 0) is 24.3 Å². The van der Waals surface area contributed by atoms with Crippen LogP contribution in [-0.2, 0) is 21.4 Å². The third kappa shape index (κ3) is 3.89. The maximum absolute atomic E-state index is 12.4. The van der Waals surface area contributed by atoms with Crippen LogP contribution in [0, 0.1) is 0 Å². The number of aromatic nitrogens is 1. The van der Waals surface area contributed by atoms with Crippen molar-refractivity contribution in [2.75, 3.05) is 6.54 Å². The molecular formula is C13H14N2O5S. The first-order valence-corrected chi connectivity index (χ1v) is 7.59. The van der Waals surface area contributed by atoms with Crippen molar-refractivity contribution in [3.8, 4) is 0 Å². The Morgan fingerprint density at radius 1 is 1.29 bits per heavy atom. The Bertz CT molecular complexity index is 683. The highest BCUT2D eigenvalue weighted by atomic mass is 32.2. The van der Waals surface area contributed by atoms with Crippen LogP contribution in [0.2, 0.25) is 0 Å². The van der Waals surface area contributed by atoms with E-state index in [-0.39, 0.29) is 24.6 Å². The lowest BCUT2D eigenvalue weighted by atomic mass is 10.3. The second-order valence-electron chi connectivity index (χ2n) is 4.24. The molecule has 0 atom stereocenters. The van der Waals surface area contributed by atoms with E-state index in [2.05, 4.69) is 4.98 Å². The zero-order chi connectivity index (χ0) is 15.3. The maximum atomic E-state index is 12.4. The molecule has 0 spiro atoms. The molecule has 8 heteroatoms. The lowest BCUT2D eigenvalue weighted by Crippen LogP contribution is -2.32. The Balaban J connectivity index is 2.25. The van der Waals surface area contributed by atoms with Crippen LogP contribution in [0.15, 0.2) is 52.3 Å². The molecule has 2 aromatic rings. The van der Waals surface area contributed by atoms with Crippen LogP contribution in [0.25, 0.3) is 0 Å². The smallest absolute Gasteiger partial charge is 0.304 e. The van der Waals surface area contributed by atoms with Gasteiger partial charge in [-0.25, -0.2) is 8.42 Å². The summed E-state index contributed by atoms with van der Waals surface area (Å²) in [6.45, 7) is -0.175. The number of hydrogen-bond donors (Lipinski definition) is 1. The summed E-state index contributed by atoms with van der Waals surface area (Å²) in [5.41, 5.74) is 0.526. The van der Waals surface area contributed by atoms with Crippen molar-refractivity contribution in [2.45, 2.75) is 18.1 Å². The molecule has 7 nitrogen and oxygen atoms in total. The third-order valence-corrected chi connectivity index (χ3v) is 4.46. The molecule has 0 saturated heterocycles. The van der Waals surface area contributed by atoms with Gasteiger partial charge in [0.15, 0.2) is 0 Å². The van der Waals surface area contributed by atoms with Crippen LogP contribution >= 0.6 is 0 Å². The van der Waals surface area contributed by atoms with Gasteiger partial charge >= 0.3 is 5.97 Å². The highest BCUT2D eigenvalue weighted by Crippen LogP contribution is 2.18. The Hall–Kier alpha value is -2.19. The maximum Gasteiger partial charge on any atom is 0.304 e. The number of carbonyl (C=O) groups is 1. The van der Waals surface area contributed by atoms with Crippen LogP contribution in [0.1, 0.15) is 12.1 Å². The second-order valence-corrected chi connectivity index (χ2v) is 6.10. The van der Waals surface area contributed by atoms with E-state index in [1.807, 2.05) is 0 Å². The molecule has 0 radical (unpaired) electrons. The van der Waals surface area contributed by atoms with Crippen LogP contribution in [0.3, 0.4) is 0 Å². The first-order chi connectivity index (χ1) is 10.00. The van der Waals surface area contributed by atoms with Gasteiger partial charge in [-0.15, -0.1) is 0 Å². The summed E-state index contributed by atoms with van der Waals surface area (Å²) in [6.07, 6.45) is 2.50. The van der Waals surface area contributed by atoms with Crippen LogP contribution in [0.5, 0.6) is 0 Å². The zero-order valence-corrected chi connectivity index (χ0v) is 11.9. The standard InChI is InChI=1S/C13H14N2O5S/c16-12(17)6-8-15(10-11-4-1-2-7-14-11)21(18,19)13-5-3-9-20-13/h1-5,7,9H,6,8,10H2,(H,16,17). The minimum Gasteiger partial charge on any atom is -0.481 e. The Kier molecular flexibility index (Phi) is 4.71. The summed E-state index contributed by atoms with van der Waals surface area (Å²) < 4.78 is 30.8. The summed E-state index contributed by atoms with van der Waals surface area (Å²) in [5, 5.41) is 8.55. The summed E-state index contributed by atoms with van der Waals surface area (Å²) in [5.74, 6) is -1.07. The summed E-state index contributed by atoms with van der Waals surface area (Å²) in [4.78, 5) is 14.8. The number of carboxylic acids is 1.